The number of hydrogen-bond acceptors (Lipinski definition) is 2. The van der Waals surface area contributed by atoms with Gasteiger partial charge in [-0.05, 0) is 12.1 Å². The van der Waals surface area contributed by atoms with Crippen LogP contribution in [0.25, 0.3) is 0 Å². The van der Waals surface area contributed by atoms with E-state index < -0.39 is 17.7 Å². The van der Waals surface area contributed by atoms with Crippen LogP contribution in [0.1, 0.15) is 0 Å². The molecule has 0 aliphatic heterocycles. The first-order valence-corrected chi connectivity index (χ1v) is 3.29. The summed E-state index contributed by atoms with van der Waals surface area (Å²) in [6, 6.07) is 2.74. The molecule has 13 heavy (non-hydrogen) atoms. The minimum Gasteiger partial charge on any atom is -0.464 e. The summed E-state index contributed by atoms with van der Waals surface area (Å²) in [6.45, 7) is 0. The molecule has 0 bridgehead atoms. The summed E-state index contributed by atoms with van der Waals surface area (Å²) in [4.78, 5) is 9.98. The molecule has 1 aromatic rings. The molecule has 0 radical (unpaired) electrons. The second-order valence-corrected chi connectivity index (χ2v) is 2.18. The predicted molar refractivity (Wildman–Crippen MR) is 41.1 cm³/mol. The minimum atomic E-state index is -1.36. The van der Waals surface area contributed by atoms with Crippen molar-refractivity contribution < 1.29 is 18.7 Å². The number of rotatable bonds is 2. The quantitative estimate of drug-likeness (QED) is 0.617. The van der Waals surface area contributed by atoms with Crippen molar-refractivity contribution in [3.63, 3.8) is 0 Å². The Balaban J connectivity index is 2.72. The third-order valence-electron chi connectivity index (χ3n) is 1.24. The zero-order valence-electron chi connectivity index (χ0n) is 6.34. The number of carbonyl (C=O) groups is 1. The van der Waals surface area contributed by atoms with Gasteiger partial charge < -0.3 is 5.11 Å². The molecule has 0 spiro atoms. The number of carboxylic acid groups (broad SMARTS) is 1. The zero-order chi connectivity index (χ0) is 9.84. The van der Waals surface area contributed by atoms with Crippen LogP contribution in [0.5, 0.6) is 0 Å². The van der Waals surface area contributed by atoms with E-state index in [4.69, 9.17) is 5.11 Å². The summed E-state index contributed by atoms with van der Waals surface area (Å²) in [7, 11) is 0. The van der Waals surface area contributed by atoms with E-state index in [1.807, 2.05) is 5.43 Å². The summed E-state index contributed by atoms with van der Waals surface area (Å²) < 4.78 is 25.1. The van der Waals surface area contributed by atoms with E-state index in [1.54, 1.807) is 5.43 Å². The topological polar surface area (TPSA) is 61.4 Å². The van der Waals surface area contributed by atoms with E-state index in [-0.39, 0.29) is 5.69 Å². The highest BCUT2D eigenvalue weighted by molar-refractivity contribution is 5.66. The van der Waals surface area contributed by atoms with E-state index in [9.17, 15) is 13.6 Å². The number of nitrogens with one attached hydrogen (secondary N) is 2. The molecule has 1 amide bonds. The van der Waals surface area contributed by atoms with Crippen molar-refractivity contribution in [3.05, 3.63) is 29.8 Å². The third-order valence-corrected chi connectivity index (χ3v) is 1.24. The van der Waals surface area contributed by atoms with Gasteiger partial charge in [-0.3, -0.25) is 5.43 Å². The lowest BCUT2D eigenvalue weighted by atomic mass is 10.3. The predicted octanol–water partition coefficient (Wildman–Crippen LogP) is 1.56. The van der Waals surface area contributed by atoms with Gasteiger partial charge in [0.2, 0.25) is 0 Å². The highest BCUT2D eigenvalue weighted by Crippen LogP contribution is 2.13. The Hall–Kier alpha value is -1.85. The summed E-state index contributed by atoms with van der Waals surface area (Å²) in [5.41, 5.74) is 3.64. The minimum absolute atomic E-state index is 0.135. The molecule has 0 heterocycles. The lowest BCUT2D eigenvalue weighted by molar-refractivity contribution is 0.197. The number of anilines is 1. The molecule has 0 aromatic heterocycles. The molecule has 70 valence electrons. The Morgan fingerprint density at radius 3 is 2.62 bits per heavy atom. The van der Waals surface area contributed by atoms with Crippen molar-refractivity contribution in [1.29, 1.82) is 0 Å². The third kappa shape index (κ3) is 2.58. The van der Waals surface area contributed by atoms with Gasteiger partial charge in [0.25, 0.3) is 0 Å². The van der Waals surface area contributed by atoms with Crippen LogP contribution >= 0.6 is 0 Å². The Morgan fingerprint density at radius 1 is 1.38 bits per heavy atom. The molecule has 0 atom stereocenters. The molecular formula is C7H6F2N2O2. The maximum absolute atomic E-state index is 12.8. The molecule has 1 rings (SSSR count). The average Bonchev–Trinajstić information content (AvgIpc) is 2.02. The molecule has 0 saturated carbocycles. The summed E-state index contributed by atoms with van der Waals surface area (Å²) >= 11 is 0. The maximum Gasteiger partial charge on any atom is 0.423 e. The monoisotopic (exact) mass is 188 g/mol. The molecule has 0 fully saturated rings. The fourth-order valence-corrected chi connectivity index (χ4v) is 0.712. The first kappa shape index (κ1) is 9.24. The molecule has 4 nitrogen and oxygen atoms in total. The summed E-state index contributed by atoms with van der Waals surface area (Å²) in [6.07, 6.45) is -1.36. The van der Waals surface area contributed by atoms with Gasteiger partial charge in [0.1, 0.15) is 5.82 Å². The van der Waals surface area contributed by atoms with Gasteiger partial charge in [-0.2, -0.15) is 0 Å². The zero-order valence-corrected chi connectivity index (χ0v) is 6.34. The number of benzene rings is 1. The van der Waals surface area contributed by atoms with Crippen LogP contribution in [0.15, 0.2) is 18.2 Å². The fourth-order valence-electron chi connectivity index (χ4n) is 0.712. The first-order valence-electron chi connectivity index (χ1n) is 3.29. The smallest absolute Gasteiger partial charge is 0.423 e. The van der Waals surface area contributed by atoms with Gasteiger partial charge in [-0.1, -0.05) is 0 Å². The van der Waals surface area contributed by atoms with Crippen LogP contribution in [0, 0.1) is 11.6 Å². The molecular weight excluding hydrogens is 182 g/mol. The van der Waals surface area contributed by atoms with E-state index in [0.29, 0.717) is 6.07 Å². The van der Waals surface area contributed by atoms with Crippen LogP contribution < -0.4 is 10.9 Å². The van der Waals surface area contributed by atoms with Gasteiger partial charge in [0, 0.05) is 6.07 Å². The van der Waals surface area contributed by atoms with Crippen molar-refractivity contribution in [2.24, 2.45) is 0 Å². The highest BCUT2D eigenvalue weighted by atomic mass is 19.1. The van der Waals surface area contributed by atoms with Crippen molar-refractivity contribution in [2.75, 3.05) is 5.43 Å². The number of hydrogen-bond donors (Lipinski definition) is 3. The maximum atomic E-state index is 12.8. The van der Waals surface area contributed by atoms with E-state index in [1.165, 1.54) is 0 Å². The van der Waals surface area contributed by atoms with Crippen LogP contribution in [0.3, 0.4) is 0 Å². The Morgan fingerprint density at radius 2 is 2.08 bits per heavy atom. The largest absolute Gasteiger partial charge is 0.464 e. The fraction of sp³-hybridized carbons (Fsp3) is 0. The average molecular weight is 188 g/mol. The van der Waals surface area contributed by atoms with Gasteiger partial charge in [-0.15, -0.1) is 0 Å². The highest BCUT2D eigenvalue weighted by Gasteiger charge is 2.03. The molecule has 0 aliphatic rings. The van der Waals surface area contributed by atoms with Crippen molar-refractivity contribution >= 4 is 11.8 Å². The molecule has 3 N–H and O–H groups in total. The summed E-state index contributed by atoms with van der Waals surface area (Å²) in [5, 5.41) is 8.15. The van der Waals surface area contributed by atoms with E-state index in [2.05, 4.69) is 0 Å². The standard InChI is InChI=1S/C7H6F2N2O2/c8-4-1-2-6(5(9)3-4)10-11-7(12)13/h1-3,10-11H,(H,12,13). The van der Waals surface area contributed by atoms with Gasteiger partial charge in [0.15, 0.2) is 5.82 Å². The van der Waals surface area contributed by atoms with Gasteiger partial charge in [-0.25, -0.2) is 19.0 Å². The number of hydrazine groups is 1. The summed E-state index contributed by atoms with van der Waals surface area (Å²) in [5.74, 6) is -1.59. The molecule has 1 aromatic carbocycles. The lowest BCUT2D eigenvalue weighted by Crippen LogP contribution is -2.27. The van der Waals surface area contributed by atoms with Crippen LogP contribution in [-0.4, -0.2) is 11.2 Å². The lowest BCUT2D eigenvalue weighted by Gasteiger charge is -2.05. The second kappa shape index (κ2) is 3.70. The Bertz CT molecular complexity index is 330. The number of amides is 1. The normalized spacial score (nSPS) is 9.38. The van der Waals surface area contributed by atoms with Crippen molar-refractivity contribution in [3.8, 4) is 0 Å². The Labute approximate surface area is 72.2 Å². The SMILES string of the molecule is O=C(O)NNc1ccc(F)cc1F. The molecule has 0 aliphatic carbocycles. The Kier molecular flexibility index (Phi) is 2.63. The number of halogens is 2. The second-order valence-electron chi connectivity index (χ2n) is 2.18. The van der Waals surface area contributed by atoms with Crippen LogP contribution in [0.4, 0.5) is 19.3 Å². The van der Waals surface area contributed by atoms with Crippen LogP contribution in [-0.2, 0) is 0 Å². The van der Waals surface area contributed by atoms with E-state index >= 15 is 0 Å². The molecule has 6 heteroatoms. The molecule has 0 unspecified atom stereocenters. The van der Waals surface area contributed by atoms with E-state index in [0.717, 1.165) is 12.1 Å². The van der Waals surface area contributed by atoms with Crippen molar-refractivity contribution in [1.82, 2.24) is 5.43 Å². The van der Waals surface area contributed by atoms with Gasteiger partial charge in [0.05, 0.1) is 5.69 Å². The van der Waals surface area contributed by atoms with Crippen molar-refractivity contribution in [2.45, 2.75) is 0 Å². The molecule has 0 saturated heterocycles. The van der Waals surface area contributed by atoms with Gasteiger partial charge >= 0.3 is 6.09 Å². The van der Waals surface area contributed by atoms with Crippen LogP contribution in [0.2, 0.25) is 0 Å². The first-order chi connectivity index (χ1) is 6.09.